The van der Waals surface area contributed by atoms with Crippen LogP contribution in [0.25, 0.3) is 0 Å². The Balaban J connectivity index is 2.76. The van der Waals surface area contributed by atoms with Gasteiger partial charge in [-0.05, 0) is 33.3 Å². The maximum atomic E-state index is 12.1. The molecule has 1 aromatic heterocycles. The molecule has 0 aliphatic rings. The van der Waals surface area contributed by atoms with E-state index in [4.69, 9.17) is 9.15 Å². The molecule has 0 bridgehead atoms. The Labute approximate surface area is 129 Å². The Hall–Kier alpha value is -2.37. The summed E-state index contributed by atoms with van der Waals surface area (Å²) in [5.74, 6) is -0.804. The molecule has 0 N–H and O–H groups in total. The molecular formula is C16H21NO5. The summed E-state index contributed by atoms with van der Waals surface area (Å²) in [6.07, 6.45) is 0. The summed E-state index contributed by atoms with van der Waals surface area (Å²) in [7, 11) is 0. The van der Waals surface area contributed by atoms with Gasteiger partial charge in [0.2, 0.25) is 0 Å². The van der Waals surface area contributed by atoms with Gasteiger partial charge in [-0.15, -0.1) is 0 Å². The zero-order valence-corrected chi connectivity index (χ0v) is 13.4. The molecule has 0 aliphatic carbocycles. The Morgan fingerprint density at radius 2 is 2.00 bits per heavy atom. The van der Waals surface area contributed by atoms with E-state index in [0.29, 0.717) is 18.7 Å². The number of ether oxygens (including phenoxy) is 1. The van der Waals surface area contributed by atoms with Crippen LogP contribution >= 0.6 is 0 Å². The zero-order chi connectivity index (χ0) is 16.9. The molecule has 6 nitrogen and oxygen atoms in total. The molecule has 1 heterocycles. The van der Waals surface area contributed by atoms with Crippen LogP contribution in [-0.2, 0) is 9.53 Å². The topological polar surface area (TPSA) is 76.8 Å². The summed E-state index contributed by atoms with van der Waals surface area (Å²) in [6.45, 7) is 11.1. The lowest BCUT2D eigenvalue weighted by molar-refractivity contribution is -0.133. The molecular weight excluding hydrogens is 286 g/mol. The van der Waals surface area contributed by atoms with E-state index in [1.165, 1.54) is 13.0 Å². The molecule has 0 spiro atoms. The minimum atomic E-state index is -0.682. The summed E-state index contributed by atoms with van der Waals surface area (Å²) in [4.78, 5) is 36.8. The van der Waals surface area contributed by atoms with Crippen molar-refractivity contribution >= 4 is 11.9 Å². The van der Waals surface area contributed by atoms with Crippen LogP contribution in [0.1, 0.15) is 35.5 Å². The minimum Gasteiger partial charge on any atom is -0.452 e. The van der Waals surface area contributed by atoms with Gasteiger partial charge in [-0.1, -0.05) is 12.2 Å². The Bertz CT molecular complexity index is 618. The van der Waals surface area contributed by atoms with Crippen LogP contribution in [0.4, 0.5) is 0 Å². The highest BCUT2D eigenvalue weighted by Gasteiger charge is 2.19. The molecule has 0 aliphatic heterocycles. The van der Waals surface area contributed by atoms with Gasteiger partial charge in [0.1, 0.15) is 11.3 Å². The van der Waals surface area contributed by atoms with Crippen molar-refractivity contribution in [2.75, 3.05) is 19.7 Å². The van der Waals surface area contributed by atoms with Crippen molar-refractivity contribution in [1.82, 2.24) is 4.90 Å². The molecule has 0 radical (unpaired) electrons. The van der Waals surface area contributed by atoms with Crippen molar-refractivity contribution in [2.24, 2.45) is 0 Å². The van der Waals surface area contributed by atoms with Crippen molar-refractivity contribution in [2.45, 2.75) is 27.7 Å². The van der Waals surface area contributed by atoms with Crippen molar-refractivity contribution in [3.05, 3.63) is 45.5 Å². The average molecular weight is 307 g/mol. The average Bonchev–Trinajstić information content (AvgIpc) is 2.40. The van der Waals surface area contributed by atoms with E-state index in [0.717, 1.165) is 5.57 Å². The predicted octanol–water partition coefficient (Wildman–Crippen LogP) is 1.84. The number of likely N-dealkylation sites (N-methyl/N-ethyl adjacent to an activating group) is 1. The first-order chi connectivity index (χ1) is 10.3. The molecule has 0 saturated heterocycles. The van der Waals surface area contributed by atoms with Gasteiger partial charge in [-0.25, -0.2) is 9.59 Å². The largest absolute Gasteiger partial charge is 0.452 e. The third-order valence-electron chi connectivity index (χ3n) is 3.06. The minimum absolute atomic E-state index is 0.176. The molecule has 6 heteroatoms. The predicted molar refractivity (Wildman–Crippen MR) is 81.8 cm³/mol. The number of aryl methyl sites for hydroxylation is 2. The van der Waals surface area contributed by atoms with E-state index in [1.807, 2.05) is 13.8 Å². The van der Waals surface area contributed by atoms with Gasteiger partial charge in [0.05, 0.1) is 0 Å². The molecule has 0 aromatic carbocycles. The number of hydrogen-bond donors (Lipinski definition) is 0. The molecule has 0 fully saturated rings. The summed E-state index contributed by atoms with van der Waals surface area (Å²) in [6, 6.07) is 1.21. The summed E-state index contributed by atoms with van der Waals surface area (Å²) >= 11 is 0. The smallest absolute Gasteiger partial charge is 0.342 e. The van der Waals surface area contributed by atoms with Crippen molar-refractivity contribution < 1.29 is 18.7 Å². The zero-order valence-electron chi connectivity index (χ0n) is 13.4. The number of amides is 1. The first-order valence-electron chi connectivity index (χ1n) is 6.96. The van der Waals surface area contributed by atoms with Crippen LogP contribution in [0.5, 0.6) is 0 Å². The maximum Gasteiger partial charge on any atom is 0.342 e. The molecule has 0 unspecified atom stereocenters. The van der Waals surface area contributed by atoms with Crippen molar-refractivity contribution in [1.29, 1.82) is 0 Å². The highest BCUT2D eigenvalue weighted by Crippen LogP contribution is 2.12. The van der Waals surface area contributed by atoms with Gasteiger partial charge in [0.15, 0.2) is 6.61 Å². The Morgan fingerprint density at radius 3 is 2.50 bits per heavy atom. The number of esters is 1. The number of nitrogens with zero attached hydrogens (tertiary/aromatic N) is 1. The van der Waals surface area contributed by atoms with Gasteiger partial charge in [-0.3, -0.25) is 4.79 Å². The summed E-state index contributed by atoms with van der Waals surface area (Å²) < 4.78 is 9.91. The lowest BCUT2D eigenvalue weighted by atomic mass is 10.1. The molecule has 0 atom stereocenters. The SMILES string of the molecule is C=C(C)CN(CC)C(=O)COC(=O)c1c(C)cc(=O)oc1C. The monoisotopic (exact) mass is 307 g/mol. The fourth-order valence-corrected chi connectivity index (χ4v) is 2.06. The second-order valence-corrected chi connectivity index (χ2v) is 5.12. The first-order valence-corrected chi connectivity index (χ1v) is 6.96. The highest BCUT2D eigenvalue weighted by molar-refractivity contribution is 5.93. The third kappa shape index (κ3) is 4.58. The van der Waals surface area contributed by atoms with E-state index in [9.17, 15) is 14.4 Å². The number of carbonyl (C=O) groups is 2. The van der Waals surface area contributed by atoms with Crippen LogP contribution < -0.4 is 5.63 Å². The number of hydrogen-bond acceptors (Lipinski definition) is 5. The lowest BCUT2D eigenvalue weighted by Crippen LogP contribution is -2.35. The molecule has 120 valence electrons. The normalized spacial score (nSPS) is 10.2. The fourth-order valence-electron chi connectivity index (χ4n) is 2.06. The number of carbonyl (C=O) groups excluding carboxylic acids is 2. The van der Waals surface area contributed by atoms with Gasteiger partial charge in [0, 0.05) is 19.2 Å². The van der Waals surface area contributed by atoms with E-state index >= 15 is 0 Å². The Morgan fingerprint density at radius 1 is 1.36 bits per heavy atom. The standard InChI is InChI=1S/C16H21NO5/c1-6-17(8-10(2)3)13(18)9-21-16(20)15-11(4)7-14(19)22-12(15)5/h7H,2,6,8-9H2,1,3-5H3. The van der Waals surface area contributed by atoms with E-state index in [1.54, 1.807) is 11.8 Å². The van der Waals surface area contributed by atoms with Crippen molar-refractivity contribution in [3.8, 4) is 0 Å². The molecule has 0 saturated carbocycles. The first kappa shape index (κ1) is 17.7. The Kier molecular flexibility index (Phi) is 6.10. The third-order valence-corrected chi connectivity index (χ3v) is 3.06. The van der Waals surface area contributed by atoms with Crippen LogP contribution in [-0.4, -0.2) is 36.5 Å². The molecule has 1 amide bonds. The van der Waals surface area contributed by atoms with E-state index in [2.05, 4.69) is 6.58 Å². The number of rotatable bonds is 6. The molecule has 22 heavy (non-hydrogen) atoms. The van der Waals surface area contributed by atoms with Gasteiger partial charge < -0.3 is 14.1 Å². The van der Waals surface area contributed by atoms with E-state index < -0.39 is 11.6 Å². The van der Waals surface area contributed by atoms with Crippen molar-refractivity contribution in [3.63, 3.8) is 0 Å². The van der Waals surface area contributed by atoms with Crippen LogP contribution in [0, 0.1) is 13.8 Å². The second-order valence-electron chi connectivity index (χ2n) is 5.12. The van der Waals surface area contributed by atoms with Gasteiger partial charge >= 0.3 is 11.6 Å². The molecule has 1 rings (SSSR count). The summed E-state index contributed by atoms with van der Waals surface area (Å²) in [5.41, 5.74) is 0.954. The fraction of sp³-hybridized carbons (Fsp3) is 0.438. The van der Waals surface area contributed by atoms with Gasteiger partial charge in [-0.2, -0.15) is 0 Å². The van der Waals surface area contributed by atoms with Crippen LogP contribution in [0.3, 0.4) is 0 Å². The second kappa shape index (κ2) is 7.59. The van der Waals surface area contributed by atoms with E-state index in [-0.39, 0.29) is 23.8 Å². The lowest BCUT2D eigenvalue weighted by Gasteiger charge is -2.20. The molecule has 1 aromatic rings. The van der Waals surface area contributed by atoms with Crippen LogP contribution in [0.2, 0.25) is 0 Å². The highest BCUT2D eigenvalue weighted by atomic mass is 16.5. The van der Waals surface area contributed by atoms with Crippen LogP contribution in [0.15, 0.2) is 27.4 Å². The maximum absolute atomic E-state index is 12.1. The quantitative estimate of drug-likeness (QED) is 0.592. The summed E-state index contributed by atoms with van der Waals surface area (Å²) in [5, 5.41) is 0. The van der Waals surface area contributed by atoms with Gasteiger partial charge in [0.25, 0.3) is 5.91 Å².